The van der Waals surface area contributed by atoms with Gasteiger partial charge in [-0.05, 0) is 58.0 Å². The summed E-state index contributed by atoms with van der Waals surface area (Å²) in [6.45, 7) is 9.68. The van der Waals surface area contributed by atoms with Gasteiger partial charge in [0.05, 0.1) is 7.11 Å². The highest BCUT2D eigenvalue weighted by Gasteiger charge is 2.24. The van der Waals surface area contributed by atoms with E-state index in [0.29, 0.717) is 0 Å². The minimum Gasteiger partial charge on any atom is -0.496 e. The molecule has 3 heteroatoms. The van der Waals surface area contributed by atoms with E-state index in [4.69, 9.17) is 4.74 Å². The Bertz CT molecular complexity index is 413. The molecule has 0 aromatic heterocycles. The van der Waals surface area contributed by atoms with Gasteiger partial charge in [0.2, 0.25) is 0 Å². The second-order valence-corrected chi connectivity index (χ2v) is 5.44. The summed E-state index contributed by atoms with van der Waals surface area (Å²) in [5.74, 6) is 0.955. The standard InChI is InChI=1S/C15H26N2O/c1-11-12(2)14(18-7)9-8-13(11)17(6)15(3,4)10-16-5/h8-9,16H,10H2,1-7H3. The number of ether oxygens (including phenoxy) is 1. The molecule has 1 N–H and O–H groups in total. The summed E-state index contributed by atoms with van der Waals surface area (Å²) in [7, 11) is 5.85. The predicted molar refractivity (Wildman–Crippen MR) is 78.9 cm³/mol. The summed E-state index contributed by atoms with van der Waals surface area (Å²) in [6.07, 6.45) is 0. The molecule has 0 saturated heterocycles. The molecule has 0 spiro atoms. The maximum absolute atomic E-state index is 5.36. The lowest BCUT2D eigenvalue weighted by atomic mass is 9.99. The van der Waals surface area contributed by atoms with Crippen molar-refractivity contribution >= 4 is 5.69 Å². The van der Waals surface area contributed by atoms with E-state index in [0.717, 1.165) is 12.3 Å². The van der Waals surface area contributed by atoms with E-state index in [9.17, 15) is 0 Å². The number of nitrogens with one attached hydrogen (secondary N) is 1. The molecular formula is C15H26N2O. The number of likely N-dealkylation sites (N-methyl/N-ethyl adjacent to an activating group) is 2. The zero-order valence-electron chi connectivity index (χ0n) is 12.7. The number of methoxy groups -OCH3 is 1. The van der Waals surface area contributed by atoms with E-state index in [1.807, 2.05) is 13.1 Å². The molecule has 0 saturated carbocycles. The molecule has 0 unspecified atom stereocenters. The highest BCUT2D eigenvalue weighted by atomic mass is 16.5. The van der Waals surface area contributed by atoms with Gasteiger partial charge in [-0.3, -0.25) is 0 Å². The molecule has 1 aromatic rings. The quantitative estimate of drug-likeness (QED) is 0.869. The number of anilines is 1. The van der Waals surface area contributed by atoms with Gasteiger partial charge in [0.15, 0.2) is 0 Å². The number of hydrogen-bond donors (Lipinski definition) is 1. The monoisotopic (exact) mass is 250 g/mol. The van der Waals surface area contributed by atoms with Crippen molar-refractivity contribution < 1.29 is 4.74 Å². The largest absolute Gasteiger partial charge is 0.496 e. The summed E-state index contributed by atoms with van der Waals surface area (Å²) in [6, 6.07) is 4.18. The van der Waals surface area contributed by atoms with Crippen LogP contribution in [0.3, 0.4) is 0 Å². The highest BCUT2D eigenvalue weighted by Crippen LogP contribution is 2.32. The van der Waals surface area contributed by atoms with Crippen molar-refractivity contribution in [2.75, 3.05) is 32.6 Å². The van der Waals surface area contributed by atoms with Crippen molar-refractivity contribution in [2.45, 2.75) is 33.2 Å². The van der Waals surface area contributed by atoms with Crippen molar-refractivity contribution in [3.05, 3.63) is 23.3 Å². The van der Waals surface area contributed by atoms with Crippen molar-refractivity contribution in [3.8, 4) is 5.75 Å². The van der Waals surface area contributed by atoms with Gasteiger partial charge in [-0.15, -0.1) is 0 Å². The van der Waals surface area contributed by atoms with E-state index in [-0.39, 0.29) is 5.54 Å². The van der Waals surface area contributed by atoms with Gasteiger partial charge in [-0.1, -0.05) is 0 Å². The molecule has 0 heterocycles. The first-order valence-corrected chi connectivity index (χ1v) is 6.37. The molecular weight excluding hydrogens is 224 g/mol. The molecule has 1 aromatic carbocycles. The van der Waals surface area contributed by atoms with Crippen LogP contribution in [-0.4, -0.2) is 33.3 Å². The Balaban J connectivity index is 3.14. The Morgan fingerprint density at radius 1 is 1.22 bits per heavy atom. The summed E-state index contributed by atoms with van der Waals surface area (Å²) >= 11 is 0. The van der Waals surface area contributed by atoms with E-state index in [1.165, 1.54) is 16.8 Å². The lowest BCUT2D eigenvalue weighted by Crippen LogP contribution is -2.48. The van der Waals surface area contributed by atoms with E-state index < -0.39 is 0 Å². The SMILES string of the molecule is CNCC(C)(C)N(C)c1ccc(OC)c(C)c1C. The van der Waals surface area contributed by atoms with Crippen molar-refractivity contribution in [2.24, 2.45) is 0 Å². The third-order valence-electron chi connectivity index (χ3n) is 3.81. The molecule has 0 aliphatic heterocycles. The topological polar surface area (TPSA) is 24.5 Å². The Morgan fingerprint density at radius 3 is 2.33 bits per heavy atom. The Morgan fingerprint density at radius 2 is 1.83 bits per heavy atom. The van der Waals surface area contributed by atoms with Crippen LogP contribution in [0.5, 0.6) is 5.75 Å². The zero-order chi connectivity index (χ0) is 13.9. The van der Waals surface area contributed by atoms with Crippen LogP contribution in [0.15, 0.2) is 12.1 Å². The maximum Gasteiger partial charge on any atom is 0.122 e. The first-order valence-electron chi connectivity index (χ1n) is 6.37. The van der Waals surface area contributed by atoms with Gasteiger partial charge in [-0.2, -0.15) is 0 Å². The fourth-order valence-electron chi connectivity index (χ4n) is 2.24. The van der Waals surface area contributed by atoms with Crippen molar-refractivity contribution in [3.63, 3.8) is 0 Å². The van der Waals surface area contributed by atoms with Crippen LogP contribution in [0.25, 0.3) is 0 Å². The van der Waals surface area contributed by atoms with Crippen LogP contribution >= 0.6 is 0 Å². The molecule has 0 aliphatic rings. The summed E-state index contributed by atoms with van der Waals surface area (Å²) in [5.41, 5.74) is 3.82. The third-order valence-corrected chi connectivity index (χ3v) is 3.81. The van der Waals surface area contributed by atoms with Crippen LogP contribution in [0.1, 0.15) is 25.0 Å². The molecule has 3 nitrogen and oxygen atoms in total. The van der Waals surface area contributed by atoms with E-state index in [1.54, 1.807) is 7.11 Å². The number of rotatable bonds is 5. The molecule has 0 aliphatic carbocycles. The number of nitrogens with zero attached hydrogens (tertiary/aromatic N) is 1. The Labute approximate surface area is 111 Å². The second kappa shape index (κ2) is 5.61. The zero-order valence-corrected chi connectivity index (χ0v) is 12.7. The average Bonchev–Trinajstić information content (AvgIpc) is 2.31. The van der Waals surface area contributed by atoms with Gasteiger partial charge >= 0.3 is 0 Å². The van der Waals surface area contributed by atoms with Crippen molar-refractivity contribution in [1.29, 1.82) is 0 Å². The van der Waals surface area contributed by atoms with Crippen LogP contribution in [-0.2, 0) is 0 Å². The molecule has 0 radical (unpaired) electrons. The number of hydrogen-bond acceptors (Lipinski definition) is 3. The maximum atomic E-state index is 5.36. The molecule has 102 valence electrons. The number of benzene rings is 1. The summed E-state index contributed by atoms with van der Waals surface area (Å²) in [4.78, 5) is 2.32. The molecule has 0 atom stereocenters. The predicted octanol–water partition coefficient (Wildman–Crippen LogP) is 2.75. The fraction of sp³-hybridized carbons (Fsp3) is 0.600. The lowest BCUT2D eigenvalue weighted by molar-refractivity contribution is 0.411. The van der Waals surface area contributed by atoms with Gasteiger partial charge in [0.25, 0.3) is 0 Å². The third kappa shape index (κ3) is 2.78. The molecule has 0 bridgehead atoms. The van der Waals surface area contributed by atoms with Crippen molar-refractivity contribution in [1.82, 2.24) is 5.32 Å². The van der Waals surface area contributed by atoms with Gasteiger partial charge in [0.1, 0.15) is 5.75 Å². The molecule has 18 heavy (non-hydrogen) atoms. The van der Waals surface area contributed by atoms with E-state index in [2.05, 4.69) is 51.0 Å². The minimum absolute atomic E-state index is 0.0700. The van der Waals surface area contributed by atoms with E-state index >= 15 is 0 Å². The first kappa shape index (κ1) is 14.8. The second-order valence-electron chi connectivity index (χ2n) is 5.44. The normalized spacial score (nSPS) is 11.5. The molecule has 1 rings (SSSR count). The van der Waals surface area contributed by atoms with Crippen LogP contribution in [0, 0.1) is 13.8 Å². The summed E-state index contributed by atoms with van der Waals surface area (Å²) < 4.78 is 5.36. The Kier molecular flexibility index (Phi) is 4.63. The lowest BCUT2D eigenvalue weighted by Gasteiger charge is -2.38. The molecule has 0 fully saturated rings. The van der Waals surface area contributed by atoms with Crippen LogP contribution in [0.4, 0.5) is 5.69 Å². The first-order chi connectivity index (χ1) is 8.35. The van der Waals surface area contributed by atoms with Gasteiger partial charge in [-0.25, -0.2) is 0 Å². The smallest absolute Gasteiger partial charge is 0.122 e. The summed E-state index contributed by atoms with van der Waals surface area (Å²) in [5, 5.41) is 3.25. The van der Waals surface area contributed by atoms with Gasteiger partial charge in [0, 0.05) is 24.8 Å². The average molecular weight is 250 g/mol. The minimum atomic E-state index is 0.0700. The van der Waals surface area contributed by atoms with Gasteiger partial charge < -0.3 is 15.0 Å². The fourth-order valence-corrected chi connectivity index (χ4v) is 2.24. The van der Waals surface area contributed by atoms with Crippen LogP contribution in [0.2, 0.25) is 0 Å². The molecule has 0 amide bonds. The highest BCUT2D eigenvalue weighted by molar-refractivity contribution is 5.60. The Hall–Kier alpha value is -1.22. The van der Waals surface area contributed by atoms with Crippen LogP contribution < -0.4 is 15.0 Å².